The maximum Gasteiger partial charge on any atom is 0.0746 e. The van der Waals surface area contributed by atoms with E-state index in [0.717, 1.165) is 11.3 Å². The summed E-state index contributed by atoms with van der Waals surface area (Å²) in [5.74, 6) is 0. The summed E-state index contributed by atoms with van der Waals surface area (Å²) in [6, 6.07) is 53.6. The molecule has 0 saturated carbocycles. The predicted molar refractivity (Wildman–Crippen MR) is 200 cm³/mol. The molecule has 0 N–H and O–H groups in total. The van der Waals surface area contributed by atoms with Gasteiger partial charge in [-0.05, 0) is 112 Å². The van der Waals surface area contributed by atoms with Crippen LogP contribution in [0.25, 0.3) is 87.4 Å². The lowest BCUT2D eigenvalue weighted by atomic mass is 9.80. The third kappa shape index (κ3) is 3.74. The molecule has 220 valence electrons. The van der Waals surface area contributed by atoms with E-state index in [9.17, 15) is 0 Å². The Hall–Kier alpha value is -5.79. The molecule has 1 heterocycles. The average Bonchev–Trinajstić information content (AvgIpc) is 3.35. The topological polar surface area (TPSA) is 12.9 Å². The van der Waals surface area contributed by atoms with Crippen LogP contribution in [0, 0.1) is 0 Å². The minimum atomic E-state index is -0.189. The number of benzene rings is 8. The minimum absolute atomic E-state index is 0.189. The number of pyridine rings is 1. The molecule has 10 rings (SSSR count). The summed E-state index contributed by atoms with van der Waals surface area (Å²) in [5, 5.41) is 12.9. The van der Waals surface area contributed by atoms with Gasteiger partial charge in [0.05, 0.1) is 5.69 Å². The third-order valence-electron chi connectivity index (χ3n) is 10.7. The van der Waals surface area contributed by atoms with E-state index < -0.39 is 0 Å². The third-order valence-corrected chi connectivity index (χ3v) is 10.7. The van der Waals surface area contributed by atoms with Gasteiger partial charge in [0.2, 0.25) is 0 Å². The highest BCUT2D eigenvalue weighted by Crippen LogP contribution is 2.51. The number of rotatable bonds is 2. The van der Waals surface area contributed by atoms with Gasteiger partial charge in [0.1, 0.15) is 0 Å². The van der Waals surface area contributed by atoms with Gasteiger partial charge in [-0.15, -0.1) is 0 Å². The minimum Gasteiger partial charge on any atom is -0.255 e. The molecule has 9 aromatic rings. The maximum atomic E-state index is 5.26. The van der Waals surface area contributed by atoms with Gasteiger partial charge < -0.3 is 0 Å². The number of nitrogens with zero attached hydrogens (tertiary/aromatic N) is 1. The fourth-order valence-electron chi connectivity index (χ4n) is 8.26. The lowest BCUT2D eigenvalue weighted by Crippen LogP contribution is -2.15. The number of hydrogen-bond donors (Lipinski definition) is 0. The Balaban J connectivity index is 1.18. The Kier molecular flexibility index (Phi) is 5.40. The van der Waals surface area contributed by atoms with Gasteiger partial charge >= 0.3 is 0 Å². The first-order valence-corrected chi connectivity index (χ1v) is 16.5. The van der Waals surface area contributed by atoms with Crippen molar-refractivity contribution >= 4 is 53.9 Å². The van der Waals surface area contributed by atoms with Crippen LogP contribution in [-0.4, -0.2) is 4.98 Å². The fraction of sp³-hybridized carbons (Fsp3) is 0.0652. The van der Waals surface area contributed by atoms with Gasteiger partial charge in [-0.2, -0.15) is 0 Å². The normalized spacial score (nSPS) is 13.5. The molecular weight excluding hydrogens is 567 g/mol. The van der Waals surface area contributed by atoms with E-state index >= 15 is 0 Å². The molecule has 47 heavy (non-hydrogen) atoms. The quantitative estimate of drug-likeness (QED) is 0.181. The second-order valence-corrected chi connectivity index (χ2v) is 13.6. The van der Waals surface area contributed by atoms with Crippen LogP contribution >= 0.6 is 0 Å². The molecule has 0 fully saturated rings. The first-order valence-electron chi connectivity index (χ1n) is 16.5. The van der Waals surface area contributed by atoms with Crippen molar-refractivity contribution in [3.05, 3.63) is 163 Å². The molecule has 0 unspecified atom stereocenters. The maximum absolute atomic E-state index is 5.26. The highest BCUT2D eigenvalue weighted by molar-refractivity contribution is 6.26. The van der Waals surface area contributed by atoms with Crippen LogP contribution in [-0.2, 0) is 5.41 Å². The number of hydrogen-bond acceptors (Lipinski definition) is 1. The van der Waals surface area contributed by atoms with Crippen LogP contribution in [0.5, 0.6) is 0 Å². The molecule has 0 saturated heterocycles. The fourth-order valence-corrected chi connectivity index (χ4v) is 8.26. The van der Waals surface area contributed by atoms with E-state index in [1.54, 1.807) is 0 Å². The molecular formula is C46H31N. The van der Waals surface area contributed by atoms with E-state index in [2.05, 4.69) is 166 Å². The van der Waals surface area contributed by atoms with Crippen molar-refractivity contribution in [2.75, 3.05) is 0 Å². The summed E-state index contributed by atoms with van der Waals surface area (Å²) in [6.07, 6.45) is 2.10. The van der Waals surface area contributed by atoms with Gasteiger partial charge in [-0.1, -0.05) is 129 Å². The zero-order valence-electron chi connectivity index (χ0n) is 26.4. The smallest absolute Gasteiger partial charge is 0.0746 e. The highest BCUT2D eigenvalue weighted by atomic mass is 14.7. The van der Waals surface area contributed by atoms with Crippen molar-refractivity contribution in [3.8, 4) is 33.5 Å². The van der Waals surface area contributed by atoms with Crippen molar-refractivity contribution in [1.29, 1.82) is 0 Å². The Morgan fingerprint density at radius 3 is 1.64 bits per heavy atom. The summed E-state index contributed by atoms with van der Waals surface area (Å²) in [4.78, 5) is 5.26. The lowest BCUT2D eigenvalue weighted by molar-refractivity contribution is 0.660. The van der Waals surface area contributed by atoms with Gasteiger partial charge in [0.25, 0.3) is 0 Å². The Labute approximate surface area is 273 Å². The molecule has 0 bridgehead atoms. The van der Waals surface area contributed by atoms with Crippen LogP contribution in [0.15, 0.2) is 152 Å². The monoisotopic (exact) mass is 597 g/mol. The molecule has 8 aromatic carbocycles. The SMILES string of the molecule is CC1(C)c2cc3c4ccccc4c4ccccc4c3cc2-c2ncc(-c3cc4ccc(-c5ccccc5)cc4c4ccccc34)cc21. The van der Waals surface area contributed by atoms with Crippen LogP contribution < -0.4 is 0 Å². The number of aromatic nitrogens is 1. The van der Waals surface area contributed by atoms with Crippen molar-refractivity contribution in [2.24, 2.45) is 0 Å². The second kappa shape index (κ2) is 9.61. The van der Waals surface area contributed by atoms with Crippen LogP contribution in [0.3, 0.4) is 0 Å². The van der Waals surface area contributed by atoms with E-state index in [4.69, 9.17) is 4.98 Å². The first-order chi connectivity index (χ1) is 23.1. The molecule has 1 aromatic heterocycles. The Morgan fingerprint density at radius 1 is 0.383 bits per heavy atom. The zero-order chi connectivity index (χ0) is 31.3. The first kappa shape index (κ1) is 26.4. The summed E-state index contributed by atoms with van der Waals surface area (Å²) < 4.78 is 0. The molecule has 0 amide bonds. The number of fused-ring (bicyclic) bond motifs is 12. The summed E-state index contributed by atoms with van der Waals surface area (Å²) in [7, 11) is 0. The molecule has 0 spiro atoms. The highest BCUT2D eigenvalue weighted by Gasteiger charge is 2.37. The van der Waals surface area contributed by atoms with Crippen LogP contribution in [0.4, 0.5) is 0 Å². The van der Waals surface area contributed by atoms with Crippen molar-refractivity contribution in [2.45, 2.75) is 19.3 Å². The molecule has 1 heteroatoms. The largest absolute Gasteiger partial charge is 0.255 e. The molecule has 1 nitrogen and oxygen atoms in total. The van der Waals surface area contributed by atoms with Crippen LogP contribution in [0.1, 0.15) is 25.0 Å². The lowest BCUT2D eigenvalue weighted by Gasteiger charge is -2.22. The van der Waals surface area contributed by atoms with Crippen LogP contribution in [0.2, 0.25) is 0 Å². The average molecular weight is 598 g/mol. The zero-order valence-corrected chi connectivity index (χ0v) is 26.4. The van der Waals surface area contributed by atoms with Crippen molar-refractivity contribution in [1.82, 2.24) is 4.98 Å². The second-order valence-electron chi connectivity index (χ2n) is 13.6. The van der Waals surface area contributed by atoms with E-state index in [0.29, 0.717) is 0 Å². The van der Waals surface area contributed by atoms with Gasteiger partial charge in [0.15, 0.2) is 0 Å². The van der Waals surface area contributed by atoms with Gasteiger partial charge in [-0.3, -0.25) is 4.98 Å². The molecule has 0 radical (unpaired) electrons. The summed E-state index contributed by atoms with van der Waals surface area (Å²) >= 11 is 0. The van der Waals surface area contributed by atoms with Crippen molar-refractivity contribution < 1.29 is 0 Å². The van der Waals surface area contributed by atoms with E-state index in [1.807, 2.05) is 0 Å². The standard InChI is InChI=1S/C46H31N/c1-46(2)43-26-41-37-19-11-7-15-33(37)32-14-6-10-18-36(32)40(41)25-42(43)45-44(46)24-31(27-47-45)39-23-30-21-20-29(28-12-4-3-5-13-28)22-38(30)34-16-8-9-17-35(34)39/h3-27H,1-2H3. The molecule has 1 aliphatic carbocycles. The summed E-state index contributed by atoms with van der Waals surface area (Å²) in [5.41, 5.74) is 9.67. The van der Waals surface area contributed by atoms with Gasteiger partial charge in [0, 0.05) is 22.7 Å². The Bertz CT molecular complexity index is 2750. The summed E-state index contributed by atoms with van der Waals surface area (Å²) in [6.45, 7) is 4.73. The van der Waals surface area contributed by atoms with E-state index in [-0.39, 0.29) is 5.41 Å². The molecule has 0 atom stereocenters. The van der Waals surface area contributed by atoms with Gasteiger partial charge in [-0.25, -0.2) is 0 Å². The molecule has 0 aliphatic heterocycles. The molecule has 1 aliphatic rings. The Morgan fingerprint density at radius 2 is 0.957 bits per heavy atom. The predicted octanol–water partition coefficient (Wildman–Crippen LogP) is 12.5. The van der Waals surface area contributed by atoms with E-state index in [1.165, 1.54) is 87.2 Å². The van der Waals surface area contributed by atoms with Crippen molar-refractivity contribution in [3.63, 3.8) is 0 Å².